The number of fused-ring (bicyclic) bond motifs is 1. The van der Waals surface area contributed by atoms with Gasteiger partial charge in [-0.05, 0) is 36.2 Å². The first-order valence-corrected chi connectivity index (χ1v) is 8.12. The molecule has 0 aliphatic carbocycles. The summed E-state index contributed by atoms with van der Waals surface area (Å²) in [5.74, 6) is 1.20. The smallest absolute Gasteiger partial charge is 0.270 e. The Morgan fingerprint density at radius 2 is 2.12 bits per heavy atom. The second kappa shape index (κ2) is 8.34. The summed E-state index contributed by atoms with van der Waals surface area (Å²) in [6, 6.07) is 9.18. The van der Waals surface area contributed by atoms with Crippen molar-refractivity contribution in [3.05, 3.63) is 47.8 Å². The molecule has 0 saturated heterocycles. The van der Waals surface area contributed by atoms with Gasteiger partial charge in [0.25, 0.3) is 5.91 Å². The Bertz CT molecular complexity index is 736. The molecule has 0 radical (unpaired) electrons. The fourth-order valence-electron chi connectivity index (χ4n) is 2.44. The second-order valence-electron chi connectivity index (χ2n) is 5.57. The molecule has 132 valence electrons. The van der Waals surface area contributed by atoms with Crippen LogP contribution in [0.3, 0.4) is 0 Å². The van der Waals surface area contributed by atoms with Crippen LogP contribution in [-0.2, 0) is 11.3 Å². The summed E-state index contributed by atoms with van der Waals surface area (Å²) in [6.07, 6.45) is 2.51. The van der Waals surface area contributed by atoms with E-state index in [1.165, 1.54) is 0 Å². The number of ether oxygens (including phenoxy) is 3. The van der Waals surface area contributed by atoms with Gasteiger partial charge >= 0.3 is 0 Å². The summed E-state index contributed by atoms with van der Waals surface area (Å²) in [6.45, 7) is 2.10. The first-order valence-electron chi connectivity index (χ1n) is 8.12. The van der Waals surface area contributed by atoms with E-state index in [4.69, 9.17) is 14.2 Å². The molecule has 2 aromatic rings. The molecule has 0 spiro atoms. The zero-order valence-corrected chi connectivity index (χ0v) is 14.1. The number of amides is 1. The van der Waals surface area contributed by atoms with Crippen LogP contribution >= 0.6 is 0 Å². The van der Waals surface area contributed by atoms with Crippen molar-refractivity contribution in [2.24, 2.45) is 0 Å². The van der Waals surface area contributed by atoms with Crippen LogP contribution in [0.4, 0.5) is 5.69 Å². The minimum Gasteiger partial charge on any atom is -0.454 e. The minimum absolute atomic E-state index is 0.224. The van der Waals surface area contributed by atoms with Crippen LogP contribution in [0.5, 0.6) is 11.5 Å². The normalized spacial score (nSPS) is 12.0. The third-order valence-corrected chi connectivity index (χ3v) is 3.74. The molecule has 0 unspecified atom stereocenters. The Morgan fingerprint density at radius 3 is 3.00 bits per heavy atom. The van der Waals surface area contributed by atoms with Crippen molar-refractivity contribution in [3.8, 4) is 11.5 Å². The lowest BCUT2D eigenvalue weighted by Gasteiger charge is -2.09. The Kier molecular flexibility index (Phi) is 5.69. The number of rotatable bonds is 8. The summed E-state index contributed by atoms with van der Waals surface area (Å²) >= 11 is 0. The summed E-state index contributed by atoms with van der Waals surface area (Å²) in [4.78, 5) is 16.4. The van der Waals surface area contributed by atoms with E-state index in [0.717, 1.165) is 30.0 Å². The van der Waals surface area contributed by atoms with Gasteiger partial charge in [-0.25, -0.2) is 0 Å². The van der Waals surface area contributed by atoms with Crippen molar-refractivity contribution in [3.63, 3.8) is 0 Å². The van der Waals surface area contributed by atoms with Crippen molar-refractivity contribution in [1.82, 2.24) is 10.3 Å². The molecule has 25 heavy (non-hydrogen) atoms. The molecule has 1 aromatic heterocycles. The molecular formula is C18H21N3O4. The Hall–Kier alpha value is -2.80. The fourth-order valence-corrected chi connectivity index (χ4v) is 2.44. The zero-order valence-electron chi connectivity index (χ0n) is 14.1. The maximum atomic E-state index is 12.3. The number of carbonyl (C=O) groups excluding carboxylic acids is 1. The van der Waals surface area contributed by atoms with Gasteiger partial charge in [-0.2, -0.15) is 0 Å². The highest BCUT2D eigenvalue weighted by Crippen LogP contribution is 2.32. The number of anilines is 1. The highest BCUT2D eigenvalue weighted by Gasteiger charge is 2.14. The second-order valence-corrected chi connectivity index (χ2v) is 5.57. The van der Waals surface area contributed by atoms with Gasteiger partial charge in [0, 0.05) is 38.7 Å². The van der Waals surface area contributed by atoms with Crippen molar-refractivity contribution < 1.29 is 19.0 Å². The highest BCUT2D eigenvalue weighted by atomic mass is 16.7. The van der Waals surface area contributed by atoms with Gasteiger partial charge < -0.3 is 24.8 Å². The van der Waals surface area contributed by atoms with E-state index >= 15 is 0 Å². The fraction of sp³-hybridized carbons (Fsp3) is 0.333. The number of aromatic nitrogens is 1. The van der Waals surface area contributed by atoms with Crippen molar-refractivity contribution in [1.29, 1.82) is 0 Å². The topological polar surface area (TPSA) is 81.7 Å². The Morgan fingerprint density at radius 1 is 1.24 bits per heavy atom. The number of pyridine rings is 1. The number of hydrogen-bond donors (Lipinski definition) is 2. The summed E-state index contributed by atoms with van der Waals surface area (Å²) in [7, 11) is 1.68. The lowest BCUT2D eigenvalue weighted by atomic mass is 10.2. The number of benzene rings is 1. The van der Waals surface area contributed by atoms with Crippen LogP contribution in [0.15, 0.2) is 36.5 Å². The SMILES string of the molecule is COCCCNc1ccnc(C(=O)NCc2ccc3c(c2)OCO3)c1. The molecule has 0 atom stereocenters. The quantitative estimate of drug-likeness (QED) is 0.715. The first kappa shape index (κ1) is 17.0. The average molecular weight is 343 g/mol. The summed E-state index contributed by atoms with van der Waals surface area (Å²) in [5.41, 5.74) is 2.17. The number of nitrogens with one attached hydrogen (secondary N) is 2. The zero-order chi connectivity index (χ0) is 17.5. The maximum absolute atomic E-state index is 12.3. The third-order valence-electron chi connectivity index (χ3n) is 3.74. The number of nitrogens with zero attached hydrogens (tertiary/aromatic N) is 1. The van der Waals surface area contributed by atoms with E-state index in [-0.39, 0.29) is 12.7 Å². The molecule has 1 aliphatic heterocycles. The predicted molar refractivity (Wildman–Crippen MR) is 93.0 cm³/mol. The standard InChI is InChI=1S/C18H21N3O4/c1-23-8-2-6-19-14-5-7-20-15(10-14)18(22)21-11-13-3-4-16-17(9-13)25-12-24-16/h3-5,7,9-10H,2,6,8,11-12H2,1H3,(H,19,20)(H,21,22). The van der Waals surface area contributed by atoms with E-state index in [1.54, 1.807) is 19.4 Å². The van der Waals surface area contributed by atoms with E-state index in [0.29, 0.717) is 24.6 Å². The molecule has 0 saturated carbocycles. The monoisotopic (exact) mass is 343 g/mol. The molecular weight excluding hydrogens is 322 g/mol. The predicted octanol–water partition coefficient (Wildman–Crippen LogP) is 2.19. The van der Waals surface area contributed by atoms with Crippen LogP contribution in [0.2, 0.25) is 0 Å². The molecule has 0 fully saturated rings. The molecule has 7 nitrogen and oxygen atoms in total. The average Bonchev–Trinajstić information content (AvgIpc) is 3.11. The number of carbonyl (C=O) groups is 1. The van der Waals surface area contributed by atoms with Crippen molar-refractivity contribution in [2.45, 2.75) is 13.0 Å². The molecule has 7 heteroatoms. The van der Waals surface area contributed by atoms with Crippen molar-refractivity contribution >= 4 is 11.6 Å². The van der Waals surface area contributed by atoms with Crippen LogP contribution < -0.4 is 20.1 Å². The summed E-state index contributed by atoms with van der Waals surface area (Å²) < 4.78 is 15.6. The Labute approximate surface area is 146 Å². The van der Waals surface area contributed by atoms with E-state index in [2.05, 4.69) is 15.6 Å². The summed E-state index contributed by atoms with van der Waals surface area (Å²) in [5, 5.41) is 6.11. The molecule has 1 amide bonds. The van der Waals surface area contributed by atoms with E-state index < -0.39 is 0 Å². The third kappa shape index (κ3) is 4.60. The van der Waals surface area contributed by atoms with Gasteiger partial charge in [-0.1, -0.05) is 6.07 Å². The molecule has 2 N–H and O–H groups in total. The van der Waals surface area contributed by atoms with Crippen LogP contribution in [-0.4, -0.2) is 37.9 Å². The van der Waals surface area contributed by atoms with Gasteiger partial charge in [-0.15, -0.1) is 0 Å². The molecule has 1 aliphatic rings. The van der Waals surface area contributed by atoms with Crippen LogP contribution in [0, 0.1) is 0 Å². The van der Waals surface area contributed by atoms with Gasteiger partial charge in [0.15, 0.2) is 11.5 Å². The lowest BCUT2D eigenvalue weighted by Crippen LogP contribution is -2.23. The molecule has 3 rings (SSSR count). The van der Waals surface area contributed by atoms with Gasteiger partial charge in [0.1, 0.15) is 5.69 Å². The molecule has 0 bridgehead atoms. The van der Waals surface area contributed by atoms with E-state index in [9.17, 15) is 4.79 Å². The van der Waals surface area contributed by atoms with Gasteiger partial charge in [0.2, 0.25) is 6.79 Å². The van der Waals surface area contributed by atoms with Gasteiger partial charge in [0.05, 0.1) is 0 Å². The maximum Gasteiger partial charge on any atom is 0.270 e. The molecule has 1 aromatic carbocycles. The highest BCUT2D eigenvalue weighted by molar-refractivity contribution is 5.93. The Balaban J connectivity index is 1.54. The first-order chi connectivity index (χ1) is 12.3. The number of hydrogen-bond acceptors (Lipinski definition) is 6. The molecule has 2 heterocycles. The van der Waals surface area contributed by atoms with Crippen molar-refractivity contribution in [2.75, 3.05) is 32.4 Å². The van der Waals surface area contributed by atoms with Crippen LogP contribution in [0.25, 0.3) is 0 Å². The van der Waals surface area contributed by atoms with Crippen LogP contribution in [0.1, 0.15) is 22.5 Å². The largest absolute Gasteiger partial charge is 0.454 e. The van der Waals surface area contributed by atoms with Gasteiger partial charge in [-0.3, -0.25) is 9.78 Å². The minimum atomic E-state index is -0.224. The van der Waals surface area contributed by atoms with E-state index in [1.807, 2.05) is 24.3 Å². The lowest BCUT2D eigenvalue weighted by molar-refractivity contribution is 0.0946. The number of methoxy groups -OCH3 is 1.